The van der Waals surface area contributed by atoms with Crippen LogP contribution in [0.15, 0.2) is 53.3 Å². The number of rotatable bonds is 4. The van der Waals surface area contributed by atoms with Crippen molar-refractivity contribution in [2.75, 3.05) is 19.1 Å². The summed E-state index contributed by atoms with van der Waals surface area (Å²) in [4.78, 5) is 28.1. The van der Waals surface area contributed by atoms with Crippen LogP contribution in [-0.2, 0) is 11.8 Å². The van der Waals surface area contributed by atoms with Crippen LogP contribution in [0.3, 0.4) is 0 Å². The Kier molecular flexibility index (Phi) is 4.68. The normalized spacial score (nSPS) is 16.0. The summed E-state index contributed by atoms with van der Waals surface area (Å²) < 4.78 is 12.2. The number of amides is 1. The fourth-order valence-electron chi connectivity index (χ4n) is 3.57. The van der Waals surface area contributed by atoms with E-state index in [0.29, 0.717) is 23.0 Å². The molecule has 0 bridgehead atoms. The van der Waals surface area contributed by atoms with Gasteiger partial charge in [0.25, 0.3) is 0 Å². The molecule has 1 aliphatic rings. The van der Waals surface area contributed by atoms with Gasteiger partial charge in [-0.25, -0.2) is 0 Å². The quantitative estimate of drug-likeness (QED) is 0.675. The zero-order valence-corrected chi connectivity index (χ0v) is 16.7. The monoisotopic (exact) mass is 396 g/mol. The molecule has 0 aliphatic carbocycles. The Morgan fingerprint density at radius 1 is 1.00 bits per heavy atom. The molecule has 4 rings (SSSR count). The van der Waals surface area contributed by atoms with Crippen molar-refractivity contribution in [3.63, 3.8) is 0 Å². The molecule has 2 aromatic carbocycles. The third-order valence-corrected chi connectivity index (χ3v) is 6.10. The minimum Gasteiger partial charge on any atom is -0.497 e. The topological polar surface area (TPSA) is 60.8 Å². The molecular formula is C21H20N2O4S. The highest BCUT2D eigenvalue weighted by atomic mass is 32.1. The van der Waals surface area contributed by atoms with Crippen molar-refractivity contribution in [1.82, 2.24) is 4.57 Å². The second kappa shape index (κ2) is 7.16. The highest BCUT2D eigenvalue weighted by Crippen LogP contribution is 2.45. The van der Waals surface area contributed by atoms with Crippen LogP contribution in [0.2, 0.25) is 0 Å². The van der Waals surface area contributed by atoms with Crippen LogP contribution in [0.4, 0.5) is 11.5 Å². The van der Waals surface area contributed by atoms with Gasteiger partial charge in [-0.3, -0.25) is 19.1 Å². The molecule has 1 atom stereocenters. The number of nitrogens with zero attached hydrogens (tertiary/aromatic N) is 2. The zero-order chi connectivity index (χ0) is 19.8. The lowest BCUT2D eigenvalue weighted by Gasteiger charge is -2.32. The number of fused-ring (bicyclic) bond motifs is 1. The SMILES string of the molecule is COc1cc(OC)cc(N2C(=O)C[C@@H](c3ccccc3)c3sc(=O)n(C)c32)c1. The molecule has 0 saturated carbocycles. The highest BCUT2D eigenvalue weighted by molar-refractivity contribution is 7.10. The van der Waals surface area contributed by atoms with E-state index in [-0.39, 0.29) is 23.1 Å². The summed E-state index contributed by atoms with van der Waals surface area (Å²) in [6, 6.07) is 15.1. The Labute approximate surface area is 166 Å². The van der Waals surface area contributed by atoms with E-state index in [4.69, 9.17) is 9.47 Å². The molecular weight excluding hydrogens is 376 g/mol. The second-order valence-corrected chi connectivity index (χ2v) is 7.58. The molecule has 1 aliphatic heterocycles. The lowest BCUT2D eigenvalue weighted by atomic mass is 9.90. The van der Waals surface area contributed by atoms with E-state index in [1.54, 1.807) is 48.9 Å². The largest absolute Gasteiger partial charge is 0.497 e. The lowest BCUT2D eigenvalue weighted by Crippen LogP contribution is -2.34. The zero-order valence-electron chi connectivity index (χ0n) is 15.8. The van der Waals surface area contributed by atoms with E-state index in [0.717, 1.165) is 10.4 Å². The van der Waals surface area contributed by atoms with E-state index in [1.165, 1.54) is 11.3 Å². The third kappa shape index (κ3) is 2.97. The van der Waals surface area contributed by atoms with E-state index >= 15 is 0 Å². The summed E-state index contributed by atoms with van der Waals surface area (Å²) in [6.07, 6.45) is 0.288. The summed E-state index contributed by atoms with van der Waals surface area (Å²) in [5.74, 6) is 1.55. The lowest BCUT2D eigenvalue weighted by molar-refractivity contribution is -0.118. The van der Waals surface area contributed by atoms with Crippen molar-refractivity contribution in [2.45, 2.75) is 12.3 Å². The fourth-order valence-corrected chi connectivity index (χ4v) is 4.66. The van der Waals surface area contributed by atoms with Gasteiger partial charge in [0.1, 0.15) is 17.3 Å². The van der Waals surface area contributed by atoms with Gasteiger partial charge < -0.3 is 9.47 Å². The van der Waals surface area contributed by atoms with Crippen LogP contribution >= 0.6 is 11.3 Å². The molecule has 0 radical (unpaired) electrons. The predicted octanol–water partition coefficient (Wildman–Crippen LogP) is 3.66. The van der Waals surface area contributed by atoms with Gasteiger partial charge in [-0.1, -0.05) is 41.7 Å². The van der Waals surface area contributed by atoms with Gasteiger partial charge in [0.05, 0.1) is 24.8 Å². The molecule has 0 N–H and O–H groups in total. The smallest absolute Gasteiger partial charge is 0.308 e. The maximum Gasteiger partial charge on any atom is 0.308 e. The molecule has 7 heteroatoms. The van der Waals surface area contributed by atoms with Gasteiger partial charge >= 0.3 is 4.87 Å². The average Bonchev–Trinajstić information content (AvgIpc) is 3.02. The number of thiazole rings is 1. The number of ether oxygens (including phenoxy) is 2. The molecule has 0 spiro atoms. The van der Waals surface area contributed by atoms with Gasteiger partial charge in [0.15, 0.2) is 0 Å². The second-order valence-electron chi connectivity index (χ2n) is 6.58. The minimum absolute atomic E-state index is 0.0786. The van der Waals surface area contributed by atoms with Crippen molar-refractivity contribution < 1.29 is 14.3 Å². The summed E-state index contributed by atoms with van der Waals surface area (Å²) in [5.41, 5.74) is 1.64. The first-order valence-corrected chi connectivity index (χ1v) is 9.65. The summed E-state index contributed by atoms with van der Waals surface area (Å²) in [6.45, 7) is 0. The molecule has 1 amide bonds. The number of carbonyl (C=O) groups is 1. The maximum absolute atomic E-state index is 13.2. The average molecular weight is 396 g/mol. The van der Waals surface area contributed by atoms with E-state index in [1.807, 2.05) is 30.3 Å². The molecule has 2 heterocycles. The number of anilines is 2. The number of hydrogen-bond acceptors (Lipinski definition) is 5. The Balaban J connectivity index is 1.91. The van der Waals surface area contributed by atoms with E-state index in [2.05, 4.69) is 0 Å². The third-order valence-electron chi connectivity index (χ3n) is 4.96. The molecule has 6 nitrogen and oxygen atoms in total. The number of carbonyl (C=O) groups excluding carboxylic acids is 1. The molecule has 144 valence electrons. The van der Waals surface area contributed by atoms with Crippen LogP contribution < -0.4 is 19.2 Å². The Morgan fingerprint density at radius 2 is 1.64 bits per heavy atom. The first-order chi connectivity index (χ1) is 13.5. The van der Waals surface area contributed by atoms with Crippen LogP contribution in [-0.4, -0.2) is 24.7 Å². The number of hydrogen-bond donors (Lipinski definition) is 0. The molecule has 1 aromatic heterocycles. The minimum atomic E-state index is -0.133. The number of aromatic nitrogens is 1. The first kappa shape index (κ1) is 18.3. The number of benzene rings is 2. The summed E-state index contributed by atoms with van der Waals surface area (Å²) >= 11 is 1.19. The molecule has 0 unspecified atom stereocenters. The van der Waals surface area contributed by atoms with Gasteiger partial charge in [-0.15, -0.1) is 0 Å². The van der Waals surface area contributed by atoms with E-state index < -0.39 is 0 Å². The van der Waals surface area contributed by atoms with Gasteiger partial charge in [-0.2, -0.15) is 0 Å². The predicted molar refractivity (Wildman–Crippen MR) is 109 cm³/mol. The Morgan fingerprint density at radius 3 is 2.25 bits per heavy atom. The van der Waals surface area contributed by atoms with Crippen LogP contribution in [0.1, 0.15) is 22.8 Å². The van der Waals surface area contributed by atoms with E-state index in [9.17, 15) is 9.59 Å². The van der Waals surface area contributed by atoms with Gasteiger partial charge in [0, 0.05) is 37.6 Å². The van der Waals surface area contributed by atoms with Crippen LogP contribution in [0, 0.1) is 0 Å². The van der Waals surface area contributed by atoms with Crippen molar-refractivity contribution in [3.8, 4) is 11.5 Å². The maximum atomic E-state index is 13.2. The number of methoxy groups -OCH3 is 2. The standard InChI is InChI=1S/C21H20N2O4S/c1-22-20-19(28-21(22)25)17(13-7-5-4-6-8-13)12-18(24)23(20)14-9-15(26-2)11-16(10-14)27-3/h4-11,17H,12H2,1-3H3/t17-/m0/s1. The summed E-state index contributed by atoms with van der Waals surface area (Å²) in [7, 11) is 4.82. The molecule has 0 saturated heterocycles. The van der Waals surface area contributed by atoms with Crippen molar-refractivity contribution in [3.05, 3.63) is 68.6 Å². The van der Waals surface area contributed by atoms with Crippen molar-refractivity contribution in [2.24, 2.45) is 7.05 Å². The Hall–Kier alpha value is -3.06. The van der Waals surface area contributed by atoms with Crippen LogP contribution in [0.25, 0.3) is 0 Å². The highest BCUT2D eigenvalue weighted by Gasteiger charge is 2.37. The fraction of sp³-hybridized carbons (Fsp3) is 0.238. The van der Waals surface area contributed by atoms with Crippen LogP contribution in [0.5, 0.6) is 11.5 Å². The molecule has 28 heavy (non-hydrogen) atoms. The van der Waals surface area contributed by atoms with Gasteiger partial charge in [0.2, 0.25) is 5.91 Å². The molecule has 3 aromatic rings. The van der Waals surface area contributed by atoms with Crippen molar-refractivity contribution in [1.29, 1.82) is 0 Å². The summed E-state index contributed by atoms with van der Waals surface area (Å²) in [5, 5.41) is 0. The molecule has 0 fully saturated rings. The first-order valence-electron chi connectivity index (χ1n) is 8.84. The Bertz CT molecular complexity index is 1070. The van der Waals surface area contributed by atoms with Gasteiger partial charge in [-0.05, 0) is 5.56 Å². The van der Waals surface area contributed by atoms with Crippen molar-refractivity contribution >= 4 is 28.7 Å².